The molecule has 2 aliphatic carbocycles. The fourth-order valence-electron chi connectivity index (χ4n) is 9.88. The second-order valence-electron chi connectivity index (χ2n) is 16.6. The van der Waals surface area contributed by atoms with Crippen LogP contribution in [0.2, 0.25) is 0 Å². The number of fused-ring (bicyclic) bond motifs is 8. The molecule has 0 radical (unpaired) electrons. The third-order valence-electron chi connectivity index (χ3n) is 12.7. The van der Waals surface area contributed by atoms with Gasteiger partial charge >= 0.3 is 0 Å². The molecule has 0 saturated heterocycles. The molecular weight excluding hydrogens is 677 g/mol. The minimum Gasteiger partial charge on any atom is -0.228 e. The molecule has 2 aliphatic rings. The first-order valence-electron chi connectivity index (χ1n) is 19.7. The Hall–Kier alpha value is -6.64. The van der Waals surface area contributed by atoms with E-state index in [9.17, 15) is 0 Å². The lowest BCUT2D eigenvalue weighted by Crippen LogP contribution is -2.16. The van der Waals surface area contributed by atoms with Crippen LogP contribution in [-0.2, 0) is 10.8 Å². The van der Waals surface area contributed by atoms with Crippen molar-refractivity contribution in [3.05, 3.63) is 192 Å². The van der Waals surface area contributed by atoms with E-state index < -0.39 is 0 Å². The maximum absolute atomic E-state index is 5.32. The molecule has 1 heterocycles. The predicted octanol–water partition coefficient (Wildman–Crippen LogP) is 14.1. The van der Waals surface area contributed by atoms with Crippen LogP contribution in [0.3, 0.4) is 0 Å². The lowest BCUT2D eigenvalue weighted by Gasteiger charge is -2.24. The maximum atomic E-state index is 5.32. The van der Waals surface area contributed by atoms with Gasteiger partial charge < -0.3 is 0 Å². The van der Waals surface area contributed by atoms with Gasteiger partial charge in [0.25, 0.3) is 0 Å². The van der Waals surface area contributed by atoms with Crippen molar-refractivity contribution in [1.29, 1.82) is 0 Å². The van der Waals surface area contributed by atoms with Crippen LogP contribution in [0.25, 0.3) is 88.8 Å². The van der Waals surface area contributed by atoms with Crippen molar-refractivity contribution in [3.63, 3.8) is 0 Å². The first-order chi connectivity index (χ1) is 27.3. The molecule has 0 N–H and O–H groups in total. The van der Waals surface area contributed by atoms with Crippen LogP contribution in [0.1, 0.15) is 49.9 Å². The van der Waals surface area contributed by atoms with Crippen LogP contribution < -0.4 is 0 Å². The van der Waals surface area contributed by atoms with E-state index in [0.717, 1.165) is 33.9 Å². The molecule has 0 atom stereocenters. The third-order valence-corrected chi connectivity index (χ3v) is 12.7. The van der Waals surface area contributed by atoms with E-state index in [4.69, 9.17) is 9.97 Å². The monoisotopic (exact) mass is 716 g/mol. The van der Waals surface area contributed by atoms with E-state index in [2.05, 4.69) is 191 Å². The number of hydrogen-bond donors (Lipinski definition) is 0. The molecule has 266 valence electrons. The number of hydrogen-bond acceptors (Lipinski definition) is 2. The average molecular weight is 717 g/mol. The third kappa shape index (κ3) is 4.75. The Labute approximate surface area is 328 Å². The van der Waals surface area contributed by atoms with E-state index in [1.807, 2.05) is 6.07 Å². The number of rotatable bonds is 4. The minimum absolute atomic E-state index is 0.0722. The van der Waals surface area contributed by atoms with E-state index in [-0.39, 0.29) is 10.8 Å². The van der Waals surface area contributed by atoms with Crippen molar-refractivity contribution in [3.8, 4) is 67.3 Å². The van der Waals surface area contributed by atoms with Gasteiger partial charge in [-0.25, -0.2) is 9.97 Å². The Balaban J connectivity index is 1.09. The molecule has 0 unspecified atom stereocenters. The summed E-state index contributed by atoms with van der Waals surface area (Å²) in [5, 5.41) is 4.96. The van der Waals surface area contributed by atoms with E-state index in [0.29, 0.717) is 0 Å². The van der Waals surface area contributed by atoms with E-state index in [1.165, 1.54) is 77.2 Å². The summed E-state index contributed by atoms with van der Waals surface area (Å²) in [6.45, 7) is 9.40. The molecule has 11 rings (SSSR count). The fourth-order valence-corrected chi connectivity index (χ4v) is 9.88. The van der Waals surface area contributed by atoms with Crippen molar-refractivity contribution in [2.75, 3.05) is 0 Å². The molecule has 1 aromatic heterocycles. The summed E-state index contributed by atoms with van der Waals surface area (Å²) in [7, 11) is 0. The molecule has 2 nitrogen and oxygen atoms in total. The zero-order valence-electron chi connectivity index (χ0n) is 32.1. The lowest BCUT2D eigenvalue weighted by atomic mass is 9.79. The van der Waals surface area contributed by atoms with Gasteiger partial charge in [0.1, 0.15) is 0 Å². The van der Waals surface area contributed by atoms with Gasteiger partial charge in [-0.05, 0) is 101 Å². The molecule has 0 fully saturated rings. The lowest BCUT2D eigenvalue weighted by molar-refractivity contribution is 0.661. The van der Waals surface area contributed by atoms with Gasteiger partial charge in [-0.3, -0.25) is 0 Å². The van der Waals surface area contributed by atoms with Gasteiger partial charge in [0.05, 0.1) is 11.4 Å². The fraction of sp³-hybridized carbons (Fsp3) is 0.111. The minimum atomic E-state index is -0.173. The summed E-state index contributed by atoms with van der Waals surface area (Å²) in [6.07, 6.45) is 0. The molecule has 8 aromatic carbocycles. The summed E-state index contributed by atoms with van der Waals surface area (Å²) in [5.74, 6) is 0.726. The predicted molar refractivity (Wildman–Crippen MR) is 234 cm³/mol. The van der Waals surface area contributed by atoms with Crippen molar-refractivity contribution < 1.29 is 0 Å². The highest BCUT2D eigenvalue weighted by Gasteiger charge is 2.38. The van der Waals surface area contributed by atoms with Crippen molar-refractivity contribution >= 4 is 21.5 Å². The molecule has 0 spiro atoms. The summed E-state index contributed by atoms with van der Waals surface area (Å²) >= 11 is 0. The highest BCUT2D eigenvalue weighted by molar-refractivity contribution is 6.06. The summed E-state index contributed by atoms with van der Waals surface area (Å²) in [6, 6.07) is 62.1. The Morgan fingerprint density at radius 2 is 0.929 bits per heavy atom. The first-order valence-corrected chi connectivity index (χ1v) is 19.7. The highest BCUT2D eigenvalue weighted by atomic mass is 14.9. The Kier molecular flexibility index (Phi) is 6.98. The Morgan fingerprint density at radius 3 is 1.73 bits per heavy atom. The topological polar surface area (TPSA) is 25.8 Å². The summed E-state index contributed by atoms with van der Waals surface area (Å²) < 4.78 is 0. The van der Waals surface area contributed by atoms with Gasteiger partial charge in [0.15, 0.2) is 5.82 Å². The van der Waals surface area contributed by atoms with Gasteiger partial charge in [-0.2, -0.15) is 0 Å². The van der Waals surface area contributed by atoms with Gasteiger partial charge in [0.2, 0.25) is 0 Å². The van der Waals surface area contributed by atoms with Crippen molar-refractivity contribution in [1.82, 2.24) is 9.97 Å². The van der Waals surface area contributed by atoms with E-state index >= 15 is 0 Å². The van der Waals surface area contributed by atoms with Crippen LogP contribution >= 0.6 is 0 Å². The Morgan fingerprint density at radius 1 is 0.339 bits per heavy atom. The highest BCUT2D eigenvalue weighted by Crippen LogP contribution is 2.53. The zero-order chi connectivity index (χ0) is 37.8. The number of benzene rings is 8. The first kappa shape index (κ1) is 32.8. The van der Waals surface area contributed by atoms with Crippen LogP contribution in [0, 0.1) is 0 Å². The molecule has 0 aliphatic heterocycles. The quantitative estimate of drug-likeness (QED) is 0.181. The normalized spacial score (nSPS) is 14.4. The van der Waals surface area contributed by atoms with E-state index in [1.54, 1.807) is 0 Å². The second-order valence-corrected chi connectivity index (χ2v) is 16.6. The molecule has 56 heavy (non-hydrogen) atoms. The smallest absolute Gasteiger partial charge is 0.160 e. The molecule has 0 bridgehead atoms. The summed E-state index contributed by atoms with van der Waals surface area (Å²) in [4.78, 5) is 10.6. The molecule has 0 saturated carbocycles. The van der Waals surface area contributed by atoms with Crippen LogP contribution in [0.5, 0.6) is 0 Å². The SMILES string of the molecule is CC1(C)c2ccc(-c3ccc(-c4cc(-c5cccc6c5C(C)(C)c5ccccc5-6)nc(-c5ccccc5)n4)c4ccccc34)cc2-c2cc3ccccc3cc21. The molecule has 9 aromatic rings. The largest absolute Gasteiger partial charge is 0.228 e. The standard InChI is InChI=1S/C54H40N2/c1-53(2)47-28-25-36(30-44(47)45-29-34-17-8-9-18-35(34)31-48(45)53)37-26-27-41(39-20-11-10-19-38(37)39)49-32-50(56-52(55-49)33-15-6-5-7-16-33)43-23-14-22-42-40-21-12-13-24-46(40)54(3,4)51(42)43/h5-32H,1-4H3. The number of nitrogens with zero attached hydrogens (tertiary/aromatic N) is 2. The second kappa shape index (κ2) is 11.9. The van der Waals surface area contributed by atoms with Crippen LogP contribution in [0.4, 0.5) is 0 Å². The summed E-state index contributed by atoms with van der Waals surface area (Å²) in [5.41, 5.74) is 18.0. The Bertz CT molecular complexity index is 3080. The van der Waals surface area contributed by atoms with Crippen molar-refractivity contribution in [2.24, 2.45) is 0 Å². The number of aromatic nitrogens is 2. The zero-order valence-corrected chi connectivity index (χ0v) is 32.1. The van der Waals surface area contributed by atoms with Crippen LogP contribution in [0.15, 0.2) is 170 Å². The molecular formula is C54H40N2. The average Bonchev–Trinajstić information content (AvgIpc) is 3.61. The van der Waals surface area contributed by atoms with Gasteiger partial charge in [-0.15, -0.1) is 0 Å². The van der Waals surface area contributed by atoms with Gasteiger partial charge in [-0.1, -0.05) is 173 Å². The van der Waals surface area contributed by atoms with Crippen molar-refractivity contribution in [2.45, 2.75) is 38.5 Å². The molecule has 2 heteroatoms. The van der Waals surface area contributed by atoms with Crippen LogP contribution in [-0.4, -0.2) is 9.97 Å². The maximum Gasteiger partial charge on any atom is 0.160 e. The molecule has 0 amide bonds. The van der Waals surface area contributed by atoms with Gasteiger partial charge in [0, 0.05) is 27.5 Å².